The standard InChI is InChI=1S/C26H37S/c1-25(2,3)20-12-16-23(17-13-20)27(22-10-8-7-9-11-22)24-18-14-21(15-19-24)26(4,5)6/h12-19,22H,7-11H2,1-6H3/q+1. The van der Waals surface area contributed by atoms with Crippen molar-refractivity contribution in [2.24, 2.45) is 0 Å². The first-order chi connectivity index (χ1) is 12.7. The van der Waals surface area contributed by atoms with Crippen molar-refractivity contribution in [1.82, 2.24) is 0 Å². The van der Waals surface area contributed by atoms with Crippen LogP contribution in [-0.4, -0.2) is 5.25 Å². The summed E-state index contributed by atoms with van der Waals surface area (Å²) in [5, 5.41) is 0.805. The van der Waals surface area contributed by atoms with Gasteiger partial charge in [-0.05, 0) is 71.9 Å². The zero-order chi connectivity index (χ0) is 19.7. The highest BCUT2D eigenvalue weighted by molar-refractivity contribution is 7.97. The summed E-state index contributed by atoms with van der Waals surface area (Å²) in [7, 11) is 0.192. The molecular weight excluding hydrogens is 344 g/mol. The molecule has 0 spiro atoms. The lowest BCUT2D eigenvalue weighted by Gasteiger charge is -2.24. The highest BCUT2D eigenvalue weighted by Gasteiger charge is 2.36. The van der Waals surface area contributed by atoms with Crippen molar-refractivity contribution in [2.45, 2.75) is 99.5 Å². The fraction of sp³-hybridized carbons (Fsp3) is 0.538. The van der Waals surface area contributed by atoms with Crippen molar-refractivity contribution in [1.29, 1.82) is 0 Å². The van der Waals surface area contributed by atoms with Crippen LogP contribution in [0.25, 0.3) is 0 Å². The molecule has 27 heavy (non-hydrogen) atoms. The van der Waals surface area contributed by atoms with Crippen LogP contribution in [0.5, 0.6) is 0 Å². The number of hydrogen-bond donors (Lipinski definition) is 0. The minimum absolute atomic E-state index is 0.192. The van der Waals surface area contributed by atoms with Crippen LogP contribution in [0, 0.1) is 0 Å². The smallest absolute Gasteiger partial charge is 0.0561 e. The summed E-state index contributed by atoms with van der Waals surface area (Å²) >= 11 is 0. The molecule has 0 amide bonds. The predicted molar refractivity (Wildman–Crippen MR) is 121 cm³/mol. The van der Waals surface area contributed by atoms with E-state index in [0.717, 1.165) is 5.25 Å². The minimum Gasteiger partial charge on any atom is -0.0561 e. The van der Waals surface area contributed by atoms with Crippen LogP contribution in [0.2, 0.25) is 0 Å². The monoisotopic (exact) mass is 381 g/mol. The van der Waals surface area contributed by atoms with Crippen LogP contribution < -0.4 is 0 Å². The van der Waals surface area contributed by atoms with Gasteiger partial charge in [-0.15, -0.1) is 0 Å². The second kappa shape index (κ2) is 8.03. The van der Waals surface area contributed by atoms with E-state index in [9.17, 15) is 0 Å². The zero-order valence-electron chi connectivity index (χ0n) is 18.1. The molecule has 1 heteroatoms. The fourth-order valence-corrected chi connectivity index (χ4v) is 6.73. The molecule has 0 aromatic heterocycles. The quantitative estimate of drug-likeness (QED) is 0.479. The van der Waals surface area contributed by atoms with Gasteiger partial charge in [0.2, 0.25) is 0 Å². The van der Waals surface area contributed by atoms with Crippen LogP contribution in [0.15, 0.2) is 58.3 Å². The molecule has 2 aromatic rings. The molecule has 146 valence electrons. The highest BCUT2D eigenvalue weighted by Crippen LogP contribution is 2.37. The Morgan fingerprint density at radius 1 is 0.593 bits per heavy atom. The SMILES string of the molecule is CC(C)(C)c1ccc([S+](c2ccc(C(C)(C)C)cc2)C2CCCCC2)cc1. The van der Waals surface area contributed by atoms with Gasteiger partial charge < -0.3 is 0 Å². The lowest BCUT2D eigenvalue weighted by Crippen LogP contribution is -2.25. The van der Waals surface area contributed by atoms with E-state index in [1.54, 1.807) is 0 Å². The molecule has 1 aliphatic rings. The Bertz CT molecular complexity index is 662. The summed E-state index contributed by atoms with van der Waals surface area (Å²) < 4.78 is 0. The summed E-state index contributed by atoms with van der Waals surface area (Å²) in [6, 6.07) is 19.1. The van der Waals surface area contributed by atoms with Crippen molar-refractivity contribution in [3.63, 3.8) is 0 Å². The van der Waals surface area contributed by atoms with Gasteiger partial charge in [0, 0.05) is 0 Å². The van der Waals surface area contributed by atoms with E-state index < -0.39 is 0 Å². The van der Waals surface area contributed by atoms with Crippen LogP contribution >= 0.6 is 0 Å². The van der Waals surface area contributed by atoms with Gasteiger partial charge in [0.1, 0.15) is 5.25 Å². The third-order valence-electron chi connectivity index (χ3n) is 5.83. The van der Waals surface area contributed by atoms with Crippen molar-refractivity contribution >= 4 is 10.9 Å². The Hall–Kier alpha value is -1.21. The molecule has 1 fully saturated rings. The molecule has 2 aromatic carbocycles. The van der Waals surface area contributed by atoms with E-state index in [-0.39, 0.29) is 21.7 Å². The van der Waals surface area contributed by atoms with Gasteiger partial charge in [-0.3, -0.25) is 0 Å². The summed E-state index contributed by atoms with van der Waals surface area (Å²) in [5.74, 6) is 0. The molecule has 0 atom stereocenters. The summed E-state index contributed by atoms with van der Waals surface area (Å²) in [6.07, 6.45) is 6.97. The van der Waals surface area contributed by atoms with Gasteiger partial charge in [0.15, 0.2) is 9.79 Å². The van der Waals surface area contributed by atoms with Crippen molar-refractivity contribution in [3.8, 4) is 0 Å². The van der Waals surface area contributed by atoms with Crippen LogP contribution in [-0.2, 0) is 21.7 Å². The second-order valence-corrected chi connectivity index (χ2v) is 12.4. The maximum atomic E-state index is 2.41. The van der Waals surface area contributed by atoms with E-state index in [1.807, 2.05) is 0 Å². The Kier molecular flexibility index (Phi) is 6.11. The highest BCUT2D eigenvalue weighted by atomic mass is 32.2. The van der Waals surface area contributed by atoms with E-state index in [1.165, 1.54) is 53.0 Å². The maximum absolute atomic E-state index is 2.41. The number of hydrogen-bond acceptors (Lipinski definition) is 0. The molecule has 1 saturated carbocycles. The maximum Gasteiger partial charge on any atom is 0.161 e. The van der Waals surface area contributed by atoms with E-state index in [4.69, 9.17) is 0 Å². The Balaban J connectivity index is 1.96. The first-order valence-corrected chi connectivity index (χ1v) is 11.9. The van der Waals surface area contributed by atoms with E-state index in [0.29, 0.717) is 0 Å². The van der Waals surface area contributed by atoms with Gasteiger partial charge in [0.05, 0.1) is 10.9 Å². The van der Waals surface area contributed by atoms with Crippen molar-refractivity contribution in [3.05, 3.63) is 59.7 Å². The normalized spacial score (nSPS) is 16.7. The van der Waals surface area contributed by atoms with Gasteiger partial charge in [-0.1, -0.05) is 72.2 Å². The van der Waals surface area contributed by atoms with Gasteiger partial charge in [-0.2, -0.15) is 0 Å². The first-order valence-electron chi connectivity index (χ1n) is 10.6. The molecule has 0 saturated heterocycles. The first kappa shape index (κ1) is 20.5. The third-order valence-corrected chi connectivity index (χ3v) is 8.53. The molecule has 3 rings (SSSR count). The van der Waals surface area contributed by atoms with Crippen LogP contribution in [0.1, 0.15) is 84.8 Å². The Morgan fingerprint density at radius 3 is 1.30 bits per heavy atom. The van der Waals surface area contributed by atoms with Gasteiger partial charge >= 0.3 is 0 Å². The number of rotatable bonds is 3. The zero-order valence-corrected chi connectivity index (χ0v) is 19.0. The average molecular weight is 382 g/mol. The van der Waals surface area contributed by atoms with E-state index in [2.05, 4.69) is 90.1 Å². The lowest BCUT2D eigenvalue weighted by atomic mass is 9.87. The second-order valence-electron chi connectivity index (χ2n) is 10.1. The molecule has 1 aliphatic carbocycles. The van der Waals surface area contributed by atoms with E-state index >= 15 is 0 Å². The fourth-order valence-electron chi connectivity index (χ4n) is 4.02. The van der Waals surface area contributed by atoms with Gasteiger partial charge in [-0.25, -0.2) is 0 Å². The molecule has 0 heterocycles. The third kappa shape index (κ3) is 4.99. The predicted octanol–water partition coefficient (Wildman–Crippen LogP) is 7.65. The van der Waals surface area contributed by atoms with Crippen LogP contribution in [0.4, 0.5) is 0 Å². The van der Waals surface area contributed by atoms with Gasteiger partial charge in [0.25, 0.3) is 0 Å². The average Bonchev–Trinajstić information content (AvgIpc) is 2.62. The molecule has 0 unspecified atom stereocenters. The number of benzene rings is 2. The lowest BCUT2D eigenvalue weighted by molar-refractivity contribution is 0.512. The molecule has 0 aliphatic heterocycles. The topological polar surface area (TPSA) is 0 Å². The summed E-state index contributed by atoms with van der Waals surface area (Å²) in [4.78, 5) is 3.05. The molecule has 0 nitrogen and oxygen atoms in total. The Morgan fingerprint density at radius 2 is 0.963 bits per heavy atom. The Labute approximate surface area is 170 Å². The minimum atomic E-state index is 0.192. The van der Waals surface area contributed by atoms with Crippen molar-refractivity contribution in [2.75, 3.05) is 0 Å². The molecular formula is C26H37S+. The molecule has 0 radical (unpaired) electrons. The summed E-state index contributed by atoms with van der Waals surface area (Å²) in [5.41, 5.74) is 3.30. The molecule has 0 bridgehead atoms. The molecule has 0 N–H and O–H groups in total. The largest absolute Gasteiger partial charge is 0.161 e. The van der Waals surface area contributed by atoms with Crippen molar-refractivity contribution < 1.29 is 0 Å². The summed E-state index contributed by atoms with van der Waals surface area (Å²) in [6.45, 7) is 13.8. The van der Waals surface area contributed by atoms with Crippen LogP contribution in [0.3, 0.4) is 0 Å².